The summed E-state index contributed by atoms with van der Waals surface area (Å²) < 4.78 is 0. The molecule has 18 heavy (non-hydrogen) atoms. The molecule has 0 bridgehead atoms. The van der Waals surface area contributed by atoms with Crippen molar-refractivity contribution >= 4 is 23.8 Å². The number of nitrogens with one attached hydrogen (secondary N) is 1. The van der Waals surface area contributed by atoms with Crippen molar-refractivity contribution in [3.8, 4) is 0 Å². The van der Waals surface area contributed by atoms with Crippen LogP contribution in [0.25, 0.3) is 0 Å². The zero-order valence-corrected chi connectivity index (χ0v) is 9.33. The maximum Gasteiger partial charge on any atom is 0.326 e. The highest BCUT2D eigenvalue weighted by Crippen LogP contribution is 1.98. The number of carbonyl (C=O) groups excluding carboxylic acids is 1. The van der Waals surface area contributed by atoms with Gasteiger partial charge in [0, 0.05) is 6.42 Å². The first-order valence-electron chi connectivity index (χ1n) is 4.96. The molecular formula is C9H14N2O7. The number of aliphatic carboxylic acids is 3. The Labute approximate surface area is 102 Å². The SMILES string of the molecule is N[C@@H](CCC(=O)O)C(=O)N[C@@H](CC(=O)O)C(=O)O. The van der Waals surface area contributed by atoms with Gasteiger partial charge < -0.3 is 26.4 Å². The van der Waals surface area contributed by atoms with Gasteiger partial charge in [0.1, 0.15) is 6.04 Å². The molecular weight excluding hydrogens is 248 g/mol. The number of carbonyl (C=O) groups is 4. The Bertz CT molecular complexity index is 355. The van der Waals surface area contributed by atoms with Crippen LogP contribution in [0.4, 0.5) is 0 Å². The summed E-state index contributed by atoms with van der Waals surface area (Å²) in [6.07, 6.45) is -1.29. The third-order valence-corrected chi connectivity index (χ3v) is 2.00. The minimum Gasteiger partial charge on any atom is -0.481 e. The van der Waals surface area contributed by atoms with Gasteiger partial charge in [-0.25, -0.2) is 4.79 Å². The second kappa shape index (κ2) is 7.22. The fraction of sp³-hybridized carbons (Fsp3) is 0.556. The highest BCUT2D eigenvalue weighted by atomic mass is 16.4. The molecule has 9 heteroatoms. The minimum absolute atomic E-state index is 0.166. The van der Waals surface area contributed by atoms with Gasteiger partial charge in [0.2, 0.25) is 5.91 Å². The van der Waals surface area contributed by atoms with E-state index in [0.29, 0.717) is 0 Å². The molecule has 1 amide bonds. The van der Waals surface area contributed by atoms with E-state index in [0.717, 1.165) is 0 Å². The Balaban J connectivity index is 4.36. The van der Waals surface area contributed by atoms with Crippen LogP contribution in [0, 0.1) is 0 Å². The van der Waals surface area contributed by atoms with Crippen LogP contribution in [0.3, 0.4) is 0 Å². The van der Waals surface area contributed by atoms with Gasteiger partial charge in [0.15, 0.2) is 0 Å². The Morgan fingerprint density at radius 1 is 1.06 bits per heavy atom. The standard InChI is InChI=1S/C9H14N2O7/c10-4(1-2-6(12)13)8(16)11-5(9(17)18)3-7(14)15/h4-5H,1-3,10H2,(H,11,16)(H,12,13)(H,14,15)(H,17,18)/t4-,5-/m0/s1. The molecule has 0 aliphatic carbocycles. The predicted octanol–water partition coefficient (Wildman–Crippen LogP) is -1.78. The second-order valence-electron chi connectivity index (χ2n) is 3.54. The predicted molar refractivity (Wildman–Crippen MR) is 56.7 cm³/mol. The van der Waals surface area contributed by atoms with Gasteiger partial charge in [-0.15, -0.1) is 0 Å². The van der Waals surface area contributed by atoms with Crippen LogP contribution in [0.2, 0.25) is 0 Å². The van der Waals surface area contributed by atoms with Crippen LogP contribution in [-0.2, 0) is 19.2 Å². The zero-order chi connectivity index (χ0) is 14.3. The van der Waals surface area contributed by atoms with Crippen molar-refractivity contribution in [2.45, 2.75) is 31.3 Å². The first-order chi connectivity index (χ1) is 8.23. The normalized spacial score (nSPS) is 13.4. The van der Waals surface area contributed by atoms with Crippen LogP contribution in [-0.4, -0.2) is 51.2 Å². The number of carboxylic acids is 3. The molecule has 0 spiro atoms. The van der Waals surface area contributed by atoms with Crippen molar-refractivity contribution < 1.29 is 34.5 Å². The maximum absolute atomic E-state index is 11.4. The second-order valence-corrected chi connectivity index (χ2v) is 3.54. The van der Waals surface area contributed by atoms with E-state index in [-0.39, 0.29) is 12.8 Å². The van der Waals surface area contributed by atoms with Crippen molar-refractivity contribution in [3.05, 3.63) is 0 Å². The first kappa shape index (κ1) is 15.8. The van der Waals surface area contributed by atoms with Gasteiger partial charge in [-0.3, -0.25) is 14.4 Å². The summed E-state index contributed by atoms with van der Waals surface area (Å²) >= 11 is 0. The molecule has 0 saturated carbocycles. The Kier molecular flexibility index (Phi) is 6.35. The van der Waals surface area contributed by atoms with E-state index in [1.807, 2.05) is 5.32 Å². The smallest absolute Gasteiger partial charge is 0.326 e. The molecule has 0 aliphatic heterocycles. The molecule has 0 aromatic heterocycles. The molecule has 0 saturated heterocycles. The number of rotatable bonds is 8. The lowest BCUT2D eigenvalue weighted by Crippen LogP contribution is -2.49. The topological polar surface area (TPSA) is 167 Å². The lowest BCUT2D eigenvalue weighted by molar-refractivity contribution is -0.147. The van der Waals surface area contributed by atoms with Crippen LogP contribution in [0.5, 0.6) is 0 Å². The third-order valence-electron chi connectivity index (χ3n) is 2.00. The van der Waals surface area contributed by atoms with Gasteiger partial charge in [0.05, 0.1) is 12.5 Å². The number of amides is 1. The summed E-state index contributed by atoms with van der Waals surface area (Å²) in [7, 11) is 0. The molecule has 102 valence electrons. The van der Waals surface area contributed by atoms with E-state index in [2.05, 4.69) is 0 Å². The highest BCUT2D eigenvalue weighted by molar-refractivity contribution is 5.89. The molecule has 0 aromatic rings. The van der Waals surface area contributed by atoms with E-state index in [9.17, 15) is 19.2 Å². The largest absolute Gasteiger partial charge is 0.481 e. The van der Waals surface area contributed by atoms with Crippen LogP contribution >= 0.6 is 0 Å². The lowest BCUT2D eigenvalue weighted by atomic mass is 10.1. The van der Waals surface area contributed by atoms with Crippen LogP contribution < -0.4 is 11.1 Å². The Hall–Kier alpha value is -2.16. The van der Waals surface area contributed by atoms with E-state index < -0.39 is 42.3 Å². The summed E-state index contributed by atoms with van der Waals surface area (Å²) in [6.45, 7) is 0. The number of carboxylic acid groups (broad SMARTS) is 3. The third kappa shape index (κ3) is 6.43. The summed E-state index contributed by atoms with van der Waals surface area (Å²) in [5.74, 6) is -4.93. The molecule has 0 unspecified atom stereocenters. The quantitative estimate of drug-likeness (QED) is 0.342. The molecule has 0 fully saturated rings. The van der Waals surface area contributed by atoms with Crippen LogP contribution in [0.15, 0.2) is 0 Å². The number of nitrogens with two attached hydrogens (primary N) is 1. The van der Waals surface area contributed by atoms with Crippen molar-refractivity contribution in [1.29, 1.82) is 0 Å². The minimum atomic E-state index is -1.59. The van der Waals surface area contributed by atoms with Gasteiger partial charge in [-0.2, -0.15) is 0 Å². The van der Waals surface area contributed by atoms with E-state index >= 15 is 0 Å². The van der Waals surface area contributed by atoms with Gasteiger partial charge in [-0.05, 0) is 6.42 Å². The average Bonchev–Trinajstić information content (AvgIpc) is 2.23. The molecule has 0 aliphatic rings. The highest BCUT2D eigenvalue weighted by Gasteiger charge is 2.25. The first-order valence-corrected chi connectivity index (χ1v) is 4.96. The van der Waals surface area contributed by atoms with Gasteiger partial charge in [-0.1, -0.05) is 0 Å². The summed E-state index contributed by atoms with van der Waals surface area (Å²) in [5.41, 5.74) is 5.33. The van der Waals surface area contributed by atoms with Crippen molar-refractivity contribution in [2.75, 3.05) is 0 Å². The monoisotopic (exact) mass is 262 g/mol. The molecule has 0 aromatic carbocycles. The van der Waals surface area contributed by atoms with E-state index in [4.69, 9.17) is 21.1 Å². The average molecular weight is 262 g/mol. The van der Waals surface area contributed by atoms with Crippen molar-refractivity contribution in [2.24, 2.45) is 5.73 Å². The zero-order valence-electron chi connectivity index (χ0n) is 9.33. The Morgan fingerprint density at radius 3 is 2.00 bits per heavy atom. The molecule has 9 nitrogen and oxygen atoms in total. The van der Waals surface area contributed by atoms with Crippen LogP contribution in [0.1, 0.15) is 19.3 Å². The van der Waals surface area contributed by atoms with E-state index in [1.165, 1.54) is 0 Å². The van der Waals surface area contributed by atoms with Gasteiger partial charge >= 0.3 is 17.9 Å². The summed E-state index contributed by atoms with van der Waals surface area (Å²) in [5, 5.41) is 27.4. The lowest BCUT2D eigenvalue weighted by Gasteiger charge is -2.15. The van der Waals surface area contributed by atoms with Gasteiger partial charge in [0.25, 0.3) is 0 Å². The van der Waals surface area contributed by atoms with E-state index in [1.54, 1.807) is 0 Å². The molecule has 0 heterocycles. The number of hydrogen-bond acceptors (Lipinski definition) is 5. The molecule has 0 rings (SSSR count). The molecule has 6 N–H and O–H groups in total. The number of hydrogen-bond donors (Lipinski definition) is 5. The van der Waals surface area contributed by atoms with Crippen molar-refractivity contribution in [1.82, 2.24) is 5.32 Å². The summed E-state index contributed by atoms with van der Waals surface area (Å²) in [6, 6.07) is -2.79. The fourth-order valence-electron chi connectivity index (χ4n) is 1.06. The van der Waals surface area contributed by atoms with Crippen molar-refractivity contribution in [3.63, 3.8) is 0 Å². The Morgan fingerprint density at radius 2 is 1.61 bits per heavy atom. The summed E-state index contributed by atoms with van der Waals surface area (Å²) in [4.78, 5) is 42.6. The maximum atomic E-state index is 11.4. The molecule has 2 atom stereocenters. The fourth-order valence-corrected chi connectivity index (χ4v) is 1.06. The molecule has 0 radical (unpaired) electrons.